The highest BCUT2D eigenvalue weighted by atomic mass is 16.1. The highest BCUT2D eigenvalue weighted by molar-refractivity contribution is 5.76. The second-order valence-corrected chi connectivity index (χ2v) is 6.84. The Morgan fingerprint density at radius 1 is 1.35 bits per heavy atom. The molecule has 1 amide bonds. The Morgan fingerprint density at radius 3 is 2.70 bits per heavy atom. The van der Waals surface area contributed by atoms with Crippen LogP contribution in [0.3, 0.4) is 0 Å². The van der Waals surface area contributed by atoms with Gasteiger partial charge in [0.25, 0.3) is 0 Å². The van der Waals surface area contributed by atoms with Crippen LogP contribution in [0.1, 0.15) is 46.0 Å². The van der Waals surface area contributed by atoms with Gasteiger partial charge in [-0.2, -0.15) is 0 Å². The molecule has 2 fully saturated rings. The van der Waals surface area contributed by atoms with E-state index in [4.69, 9.17) is 0 Å². The molecule has 3 unspecified atom stereocenters. The first-order valence-electron chi connectivity index (χ1n) is 8.27. The Hall–Kier alpha value is -0.610. The SMILES string of the molecule is CC(CC(=O)NCC(C)N(C)C1CC1)C1CCCNC1. The number of rotatable bonds is 7. The number of piperidine rings is 1. The quantitative estimate of drug-likeness (QED) is 0.745. The summed E-state index contributed by atoms with van der Waals surface area (Å²) in [5.41, 5.74) is 0. The van der Waals surface area contributed by atoms with Crippen LogP contribution in [-0.4, -0.2) is 49.6 Å². The standard InChI is InChI=1S/C16H31N3O/c1-12(14-5-4-8-17-11-14)9-16(20)18-10-13(2)19(3)15-6-7-15/h12-15,17H,4-11H2,1-3H3,(H,18,20). The maximum atomic E-state index is 12.1. The number of carbonyl (C=O) groups excluding carboxylic acids is 1. The number of amides is 1. The van der Waals surface area contributed by atoms with Crippen molar-refractivity contribution in [2.24, 2.45) is 11.8 Å². The molecule has 2 N–H and O–H groups in total. The van der Waals surface area contributed by atoms with Crippen molar-refractivity contribution >= 4 is 5.91 Å². The molecule has 0 aromatic carbocycles. The van der Waals surface area contributed by atoms with Gasteiger partial charge in [0.1, 0.15) is 0 Å². The van der Waals surface area contributed by atoms with Crippen LogP contribution >= 0.6 is 0 Å². The molecule has 3 atom stereocenters. The molecule has 1 aliphatic carbocycles. The average Bonchev–Trinajstić information content (AvgIpc) is 3.29. The van der Waals surface area contributed by atoms with E-state index in [0.29, 0.717) is 24.3 Å². The van der Waals surface area contributed by atoms with Gasteiger partial charge in [-0.1, -0.05) is 6.92 Å². The molecule has 116 valence electrons. The molecule has 0 bridgehead atoms. The van der Waals surface area contributed by atoms with Gasteiger partial charge in [0.05, 0.1) is 0 Å². The van der Waals surface area contributed by atoms with Crippen LogP contribution in [0.15, 0.2) is 0 Å². The van der Waals surface area contributed by atoms with E-state index in [9.17, 15) is 4.79 Å². The minimum atomic E-state index is 0.221. The molecule has 0 spiro atoms. The van der Waals surface area contributed by atoms with Crippen molar-refractivity contribution in [2.45, 2.75) is 58.0 Å². The second-order valence-electron chi connectivity index (χ2n) is 6.84. The first kappa shape index (κ1) is 15.8. The summed E-state index contributed by atoms with van der Waals surface area (Å²) in [5.74, 6) is 1.37. The number of carbonyl (C=O) groups is 1. The fourth-order valence-corrected chi connectivity index (χ4v) is 3.14. The first-order chi connectivity index (χ1) is 9.58. The summed E-state index contributed by atoms with van der Waals surface area (Å²) in [5, 5.41) is 6.55. The molecule has 0 radical (unpaired) electrons. The summed E-state index contributed by atoms with van der Waals surface area (Å²) in [6.07, 6.45) is 5.83. The van der Waals surface area contributed by atoms with E-state index in [-0.39, 0.29) is 5.91 Å². The Labute approximate surface area is 123 Å². The molecule has 0 aromatic heterocycles. The lowest BCUT2D eigenvalue weighted by Crippen LogP contribution is -2.42. The fraction of sp³-hybridized carbons (Fsp3) is 0.938. The lowest BCUT2D eigenvalue weighted by molar-refractivity contribution is -0.122. The van der Waals surface area contributed by atoms with E-state index >= 15 is 0 Å². The molecule has 1 saturated heterocycles. The summed E-state index contributed by atoms with van der Waals surface area (Å²) in [6.45, 7) is 7.42. The van der Waals surface area contributed by atoms with Crippen molar-refractivity contribution in [1.29, 1.82) is 0 Å². The predicted octanol–water partition coefficient (Wildman–Crippen LogP) is 1.61. The molecule has 4 nitrogen and oxygen atoms in total. The van der Waals surface area contributed by atoms with Crippen LogP contribution in [0.5, 0.6) is 0 Å². The number of hydrogen-bond donors (Lipinski definition) is 2. The number of nitrogens with zero attached hydrogens (tertiary/aromatic N) is 1. The Kier molecular flexibility index (Phi) is 5.85. The molecule has 1 saturated carbocycles. The zero-order valence-corrected chi connectivity index (χ0v) is 13.3. The van der Waals surface area contributed by atoms with Crippen molar-refractivity contribution < 1.29 is 4.79 Å². The van der Waals surface area contributed by atoms with Gasteiger partial charge in [-0.25, -0.2) is 0 Å². The minimum absolute atomic E-state index is 0.221. The smallest absolute Gasteiger partial charge is 0.220 e. The molecule has 1 aliphatic heterocycles. The van der Waals surface area contributed by atoms with Gasteiger partial charge in [0.2, 0.25) is 5.91 Å². The zero-order valence-electron chi connectivity index (χ0n) is 13.3. The molecule has 2 aliphatic rings. The Morgan fingerprint density at radius 2 is 2.10 bits per heavy atom. The predicted molar refractivity (Wildman–Crippen MR) is 82.6 cm³/mol. The maximum Gasteiger partial charge on any atom is 0.220 e. The van der Waals surface area contributed by atoms with Crippen LogP contribution in [0.2, 0.25) is 0 Å². The monoisotopic (exact) mass is 281 g/mol. The minimum Gasteiger partial charge on any atom is -0.355 e. The summed E-state index contributed by atoms with van der Waals surface area (Å²) in [7, 11) is 2.17. The van der Waals surface area contributed by atoms with Gasteiger partial charge in [0.15, 0.2) is 0 Å². The lowest BCUT2D eigenvalue weighted by Gasteiger charge is -2.28. The first-order valence-corrected chi connectivity index (χ1v) is 8.27. The lowest BCUT2D eigenvalue weighted by atomic mass is 9.85. The summed E-state index contributed by atoms with van der Waals surface area (Å²) in [4.78, 5) is 14.5. The molecular weight excluding hydrogens is 250 g/mol. The summed E-state index contributed by atoms with van der Waals surface area (Å²) in [6, 6.07) is 1.20. The molecule has 20 heavy (non-hydrogen) atoms. The molecule has 2 rings (SSSR count). The van der Waals surface area contributed by atoms with Gasteiger partial charge < -0.3 is 10.6 Å². The van der Waals surface area contributed by atoms with Crippen molar-refractivity contribution in [1.82, 2.24) is 15.5 Å². The van der Waals surface area contributed by atoms with Crippen LogP contribution in [0.4, 0.5) is 0 Å². The third kappa shape index (κ3) is 4.74. The van der Waals surface area contributed by atoms with Crippen molar-refractivity contribution in [3.8, 4) is 0 Å². The third-order valence-corrected chi connectivity index (χ3v) is 5.06. The van der Waals surface area contributed by atoms with Crippen molar-refractivity contribution in [3.05, 3.63) is 0 Å². The van der Waals surface area contributed by atoms with Crippen LogP contribution in [0, 0.1) is 11.8 Å². The van der Waals surface area contributed by atoms with E-state index in [1.807, 2.05) is 0 Å². The van der Waals surface area contributed by atoms with Crippen molar-refractivity contribution in [3.63, 3.8) is 0 Å². The van der Waals surface area contributed by atoms with E-state index < -0.39 is 0 Å². The Balaban J connectivity index is 1.63. The Bertz CT molecular complexity index is 311. The molecular formula is C16H31N3O. The number of nitrogens with one attached hydrogen (secondary N) is 2. The fourth-order valence-electron chi connectivity index (χ4n) is 3.14. The van der Waals surface area contributed by atoms with Gasteiger partial charge in [-0.05, 0) is 64.6 Å². The summed E-state index contributed by atoms with van der Waals surface area (Å²) < 4.78 is 0. The highest BCUT2D eigenvalue weighted by Crippen LogP contribution is 2.26. The number of hydrogen-bond acceptors (Lipinski definition) is 3. The molecule has 4 heteroatoms. The largest absolute Gasteiger partial charge is 0.355 e. The molecule has 1 heterocycles. The van der Waals surface area contributed by atoms with E-state index in [2.05, 4.69) is 36.4 Å². The second kappa shape index (κ2) is 7.41. The third-order valence-electron chi connectivity index (χ3n) is 5.06. The van der Waals surface area contributed by atoms with E-state index in [1.54, 1.807) is 0 Å². The van der Waals surface area contributed by atoms with Gasteiger partial charge in [-0.15, -0.1) is 0 Å². The molecule has 0 aromatic rings. The zero-order chi connectivity index (χ0) is 14.5. The van der Waals surface area contributed by atoms with Crippen molar-refractivity contribution in [2.75, 3.05) is 26.7 Å². The normalized spacial score (nSPS) is 26.3. The summed E-state index contributed by atoms with van der Waals surface area (Å²) >= 11 is 0. The van der Waals surface area contributed by atoms with Gasteiger partial charge in [-0.3, -0.25) is 9.69 Å². The van der Waals surface area contributed by atoms with Gasteiger partial charge >= 0.3 is 0 Å². The van der Waals surface area contributed by atoms with Crippen LogP contribution in [-0.2, 0) is 4.79 Å². The number of likely N-dealkylation sites (N-methyl/N-ethyl adjacent to an activating group) is 1. The van der Waals surface area contributed by atoms with E-state index in [0.717, 1.165) is 25.7 Å². The topological polar surface area (TPSA) is 44.4 Å². The highest BCUT2D eigenvalue weighted by Gasteiger charge is 2.29. The van der Waals surface area contributed by atoms with Crippen LogP contribution in [0.25, 0.3) is 0 Å². The maximum absolute atomic E-state index is 12.1. The van der Waals surface area contributed by atoms with Crippen LogP contribution < -0.4 is 10.6 Å². The van der Waals surface area contributed by atoms with E-state index in [1.165, 1.54) is 25.7 Å². The van der Waals surface area contributed by atoms with Gasteiger partial charge in [0, 0.05) is 25.0 Å². The average molecular weight is 281 g/mol.